The fraction of sp³-hybridized carbons (Fsp3) is 0.318. The molecular formula is C22H25NO2. The van der Waals surface area contributed by atoms with Gasteiger partial charge in [-0.1, -0.05) is 73.7 Å². The van der Waals surface area contributed by atoms with Crippen LogP contribution >= 0.6 is 0 Å². The Hall–Kier alpha value is -2.23. The standard InChI is InChI=1S/C22H25NO2/c1-3-5-16-21(17-24)20(4-2)25-22(23-21,18-12-8-6-9-13-18)19-14-10-7-11-15-19/h3,6-15,17,20,23H,1,4-5,16H2,2H3. The minimum atomic E-state index is -0.828. The largest absolute Gasteiger partial charge is 0.346 e. The number of nitrogens with one attached hydrogen (secondary N) is 1. The summed E-state index contributed by atoms with van der Waals surface area (Å²) in [4.78, 5) is 12.2. The van der Waals surface area contributed by atoms with E-state index in [0.717, 1.165) is 30.3 Å². The molecule has 0 aromatic heterocycles. The van der Waals surface area contributed by atoms with Gasteiger partial charge in [0, 0.05) is 11.1 Å². The van der Waals surface area contributed by atoms with E-state index in [1.807, 2.05) is 66.7 Å². The SMILES string of the molecule is C=CCCC1(C=O)NC(c2ccccc2)(c2ccccc2)OC1CC. The molecule has 1 saturated heterocycles. The minimum Gasteiger partial charge on any atom is -0.346 e. The minimum absolute atomic E-state index is 0.203. The maximum atomic E-state index is 12.2. The molecule has 130 valence electrons. The number of hydrogen-bond donors (Lipinski definition) is 1. The van der Waals surface area contributed by atoms with Crippen molar-refractivity contribution in [2.45, 2.75) is 43.6 Å². The average Bonchev–Trinajstić information content (AvgIpc) is 3.04. The molecule has 0 amide bonds. The van der Waals surface area contributed by atoms with Crippen molar-refractivity contribution < 1.29 is 9.53 Å². The van der Waals surface area contributed by atoms with E-state index < -0.39 is 11.3 Å². The highest BCUT2D eigenvalue weighted by Crippen LogP contribution is 2.43. The van der Waals surface area contributed by atoms with Gasteiger partial charge in [-0.05, 0) is 19.3 Å². The van der Waals surface area contributed by atoms with Crippen LogP contribution in [0.15, 0.2) is 73.3 Å². The predicted octanol–water partition coefficient (Wildman–Crippen LogP) is 4.19. The van der Waals surface area contributed by atoms with Gasteiger partial charge in [0.25, 0.3) is 0 Å². The molecule has 1 fully saturated rings. The average molecular weight is 335 g/mol. The van der Waals surface area contributed by atoms with Gasteiger partial charge in [0.15, 0.2) is 5.72 Å². The van der Waals surface area contributed by atoms with Gasteiger partial charge in [0.05, 0.1) is 6.10 Å². The lowest BCUT2D eigenvalue weighted by atomic mass is 9.86. The maximum absolute atomic E-state index is 12.2. The third-order valence-corrected chi connectivity index (χ3v) is 5.01. The third kappa shape index (κ3) is 3.06. The molecule has 0 spiro atoms. The molecule has 1 N–H and O–H groups in total. The van der Waals surface area contributed by atoms with E-state index in [1.165, 1.54) is 0 Å². The van der Waals surface area contributed by atoms with Crippen LogP contribution < -0.4 is 5.32 Å². The van der Waals surface area contributed by atoms with E-state index in [4.69, 9.17) is 4.74 Å². The topological polar surface area (TPSA) is 38.3 Å². The second kappa shape index (κ2) is 7.34. The summed E-state index contributed by atoms with van der Waals surface area (Å²) in [7, 11) is 0. The van der Waals surface area contributed by atoms with Crippen molar-refractivity contribution in [1.82, 2.24) is 5.32 Å². The zero-order valence-electron chi connectivity index (χ0n) is 14.7. The van der Waals surface area contributed by atoms with Gasteiger partial charge in [-0.15, -0.1) is 6.58 Å². The van der Waals surface area contributed by atoms with E-state index in [-0.39, 0.29) is 6.10 Å². The number of rotatable bonds is 7. The van der Waals surface area contributed by atoms with E-state index in [9.17, 15) is 4.79 Å². The normalized spacial score (nSPS) is 24.8. The summed E-state index contributed by atoms with van der Waals surface area (Å²) in [5.74, 6) is 0. The Morgan fingerprint density at radius 3 is 2.08 bits per heavy atom. The number of carbonyl (C=O) groups is 1. The van der Waals surface area contributed by atoms with Gasteiger partial charge < -0.3 is 9.53 Å². The second-order valence-corrected chi connectivity index (χ2v) is 6.54. The summed E-state index contributed by atoms with van der Waals surface area (Å²) >= 11 is 0. The Labute approximate surface area is 149 Å². The lowest BCUT2D eigenvalue weighted by Gasteiger charge is -2.32. The van der Waals surface area contributed by atoms with E-state index in [1.54, 1.807) is 0 Å². The zero-order chi connectivity index (χ0) is 17.8. The Kier molecular flexibility index (Phi) is 5.16. The number of carbonyl (C=O) groups excluding carboxylic acids is 1. The van der Waals surface area contributed by atoms with Crippen molar-refractivity contribution in [1.29, 1.82) is 0 Å². The maximum Gasteiger partial charge on any atom is 0.172 e. The summed E-state index contributed by atoms with van der Waals surface area (Å²) in [5, 5.41) is 3.60. The molecule has 1 aliphatic rings. The molecule has 2 unspecified atom stereocenters. The molecule has 2 atom stereocenters. The highest BCUT2D eigenvalue weighted by molar-refractivity contribution is 5.67. The van der Waals surface area contributed by atoms with E-state index in [0.29, 0.717) is 6.42 Å². The Morgan fingerprint density at radius 2 is 1.64 bits per heavy atom. The van der Waals surface area contributed by atoms with Crippen LogP contribution in [0.2, 0.25) is 0 Å². The zero-order valence-corrected chi connectivity index (χ0v) is 14.7. The van der Waals surface area contributed by atoms with Gasteiger partial charge in [-0.2, -0.15) is 0 Å². The highest BCUT2D eigenvalue weighted by atomic mass is 16.5. The van der Waals surface area contributed by atoms with Gasteiger partial charge >= 0.3 is 0 Å². The molecule has 0 aliphatic carbocycles. The molecule has 3 nitrogen and oxygen atoms in total. The first-order valence-corrected chi connectivity index (χ1v) is 8.86. The number of allylic oxidation sites excluding steroid dienone is 1. The number of ether oxygens (including phenoxy) is 1. The second-order valence-electron chi connectivity index (χ2n) is 6.54. The molecule has 0 saturated carbocycles. The molecule has 25 heavy (non-hydrogen) atoms. The molecule has 1 heterocycles. The summed E-state index contributed by atoms with van der Waals surface area (Å²) < 4.78 is 6.60. The number of benzene rings is 2. The van der Waals surface area contributed by atoms with Crippen molar-refractivity contribution in [3.63, 3.8) is 0 Å². The van der Waals surface area contributed by atoms with Crippen LogP contribution in [-0.4, -0.2) is 17.9 Å². The van der Waals surface area contributed by atoms with Crippen LogP contribution in [0.1, 0.15) is 37.3 Å². The monoisotopic (exact) mass is 335 g/mol. The van der Waals surface area contributed by atoms with Crippen LogP contribution in [-0.2, 0) is 15.3 Å². The molecular weight excluding hydrogens is 310 g/mol. The molecule has 0 radical (unpaired) electrons. The lowest BCUT2D eigenvalue weighted by Crippen LogP contribution is -2.53. The van der Waals surface area contributed by atoms with Crippen molar-refractivity contribution in [3.8, 4) is 0 Å². The first kappa shape index (κ1) is 17.6. The fourth-order valence-corrected chi connectivity index (χ4v) is 3.73. The first-order valence-electron chi connectivity index (χ1n) is 8.86. The molecule has 3 rings (SSSR count). The van der Waals surface area contributed by atoms with Gasteiger partial charge in [-0.3, -0.25) is 5.32 Å². The van der Waals surface area contributed by atoms with Gasteiger partial charge in [-0.25, -0.2) is 0 Å². The third-order valence-electron chi connectivity index (χ3n) is 5.01. The summed E-state index contributed by atoms with van der Waals surface area (Å²) in [6.45, 7) is 5.87. The van der Waals surface area contributed by atoms with Crippen LogP contribution in [0.3, 0.4) is 0 Å². The fourth-order valence-electron chi connectivity index (χ4n) is 3.73. The van der Waals surface area contributed by atoms with Crippen LogP contribution in [0.5, 0.6) is 0 Å². The van der Waals surface area contributed by atoms with Gasteiger partial charge in [0.2, 0.25) is 0 Å². The van der Waals surface area contributed by atoms with Crippen LogP contribution in [0.4, 0.5) is 0 Å². The Morgan fingerprint density at radius 1 is 1.08 bits per heavy atom. The highest BCUT2D eigenvalue weighted by Gasteiger charge is 2.55. The van der Waals surface area contributed by atoms with Crippen LogP contribution in [0.25, 0.3) is 0 Å². The lowest BCUT2D eigenvalue weighted by molar-refractivity contribution is -0.115. The Balaban J connectivity index is 2.13. The van der Waals surface area contributed by atoms with Crippen molar-refractivity contribution in [2.75, 3.05) is 0 Å². The quantitative estimate of drug-likeness (QED) is 0.609. The van der Waals surface area contributed by atoms with E-state index in [2.05, 4.69) is 18.8 Å². The van der Waals surface area contributed by atoms with Crippen LogP contribution in [0, 0.1) is 0 Å². The van der Waals surface area contributed by atoms with Crippen molar-refractivity contribution >= 4 is 6.29 Å². The molecule has 2 aromatic rings. The molecule has 3 heteroatoms. The smallest absolute Gasteiger partial charge is 0.172 e. The summed E-state index contributed by atoms with van der Waals surface area (Å²) in [5.41, 5.74) is 0.448. The van der Waals surface area contributed by atoms with Crippen molar-refractivity contribution in [2.24, 2.45) is 0 Å². The first-order chi connectivity index (χ1) is 12.2. The summed E-state index contributed by atoms with van der Waals surface area (Å²) in [6.07, 6.45) is 4.85. The predicted molar refractivity (Wildman–Crippen MR) is 100 cm³/mol. The molecule has 2 aromatic carbocycles. The molecule has 0 bridgehead atoms. The Bertz CT molecular complexity index is 674. The summed E-state index contributed by atoms with van der Waals surface area (Å²) in [6, 6.07) is 20.1. The number of aldehydes is 1. The van der Waals surface area contributed by atoms with E-state index >= 15 is 0 Å². The van der Waals surface area contributed by atoms with Crippen molar-refractivity contribution in [3.05, 3.63) is 84.4 Å². The number of hydrogen-bond acceptors (Lipinski definition) is 3. The van der Waals surface area contributed by atoms with Gasteiger partial charge in [0.1, 0.15) is 11.8 Å². The molecule has 1 aliphatic heterocycles.